The Hall–Kier alpha value is -0.790. The normalized spacial score (nSPS) is 15.6. The molecule has 112 valence electrons. The quantitative estimate of drug-likeness (QED) is 0.390. The summed E-state index contributed by atoms with van der Waals surface area (Å²) in [6, 6.07) is 0. The van der Waals surface area contributed by atoms with Crippen LogP contribution in [0.1, 0.15) is 66.2 Å². The smallest absolute Gasteiger partial charge is 0.330 e. The van der Waals surface area contributed by atoms with Gasteiger partial charge < -0.3 is 4.74 Å². The van der Waals surface area contributed by atoms with Crippen molar-refractivity contribution in [3.8, 4) is 0 Å². The van der Waals surface area contributed by atoms with Crippen molar-refractivity contribution >= 4 is 5.97 Å². The first-order valence-corrected chi connectivity index (χ1v) is 7.84. The zero-order valence-electron chi connectivity index (χ0n) is 13.3. The molecule has 0 aromatic carbocycles. The third-order valence-electron chi connectivity index (χ3n) is 3.97. The molecular weight excluding hydrogens is 236 g/mol. The third-order valence-corrected chi connectivity index (χ3v) is 3.97. The first kappa shape index (κ1) is 18.2. The summed E-state index contributed by atoms with van der Waals surface area (Å²) in [5.74, 6) is 1.59. The maximum atomic E-state index is 11.2. The lowest BCUT2D eigenvalue weighted by Crippen LogP contribution is -2.20. The van der Waals surface area contributed by atoms with Crippen LogP contribution in [-0.4, -0.2) is 12.6 Å². The highest BCUT2D eigenvalue weighted by Gasteiger charge is 2.19. The van der Waals surface area contributed by atoms with Crippen molar-refractivity contribution in [1.82, 2.24) is 0 Å². The number of hydrogen-bond acceptors (Lipinski definition) is 2. The number of carbonyl (C=O) groups excluding carboxylic acids is 1. The molecule has 0 aliphatic rings. The molecule has 3 unspecified atom stereocenters. The van der Waals surface area contributed by atoms with E-state index in [1.165, 1.54) is 38.2 Å². The molecule has 19 heavy (non-hydrogen) atoms. The van der Waals surface area contributed by atoms with Gasteiger partial charge in [0.25, 0.3) is 0 Å². The molecule has 0 fully saturated rings. The van der Waals surface area contributed by atoms with Crippen molar-refractivity contribution in [2.24, 2.45) is 17.8 Å². The van der Waals surface area contributed by atoms with Gasteiger partial charge in [0.1, 0.15) is 0 Å². The van der Waals surface area contributed by atoms with Crippen LogP contribution in [0, 0.1) is 17.8 Å². The van der Waals surface area contributed by atoms with Gasteiger partial charge in [0.05, 0.1) is 6.61 Å². The summed E-state index contributed by atoms with van der Waals surface area (Å²) in [5, 5.41) is 0. The zero-order valence-corrected chi connectivity index (χ0v) is 13.3. The molecule has 0 saturated carbocycles. The zero-order chi connectivity index (χ0) is 14.7. The van der Waals surface area contributed by atoms with Crippen LogP contribution < -0.4 is 0 Å². The van der Waals surface area contributed by atoms with Crippen molar-refractivity contribution in [3.63, 3.8) is 0 Å². The minimum Gasteiger partial charge on any atom is -0.462 e. The molecule has 2 nitrogen and oxygen atoms in total. The largest absolute Gasteiger partial charge is 0.462 e. The summed E-state index contributed by atoms with van der Waals surface area (Å²) in [6.45, 7) is 13.0. The van der Waals surface area contributed by atoms with E-state index in [2.05, 4.69) is 34.3 Å². The number of esters is 1. The molecule has 0 N–H and O–H groups in total. The first-order chi connectivity index (χ1) is 9.04. The van der Waals surface area contributed by atoms with E-state index < -0.39 is 0 Å². The number of rotatable bonds is 11. The number of hydrogen-bond donors (Lipinski definition) is 0. The second-order valence-electron chi connectivity index (χ2n) is 5.83. The summed E-state index contributed by atoms with van der Waals surface area (Å²) in [6.07, 6.45) is 8.59. The summed E-state index contributed by atoms with van der Waals surface area (Å²) in [7, 11) is 0. The average molecular weight is 268 g/mol. The fraction of sp³-hybridized carbons (Fsp3) is 0.824. The Morgan fingerprint density at radius 1 is 1.11 bits per heavy atom. The molecule has 0 bridgehead atoms. The monoisotopic (exact) mass is 268 g/mol. The molecule has 0 aromatic rings. The molecular formula is C17H32O2. The molecule has 0 saturated heterocycles. The molecule has 0 spiro atoms. The maximum Gasteiger partial charge on any atom is 0.330 e. The van der Waals surface area contributed by atoms with Crippen LogP contribution in [0.15, 0.2) is 12.7 Å². The van der Waals surface area contributed by atoms with Gasteiger partial charge in [-0.3, -0.25) is 0 Å². The molecule has 0 aliphatic heterocycles. The van der Waals surface area contributed by atoms with Crippen molar-refractivity contribution in [3.05, 3.63) is 12.7 Å². The van der Waals surface area contributed by atoms with E-state index in [0.29, 0.717) is 18.4 Å². The summed E-state index contributed by atoms with van der Waals surface area (Å²) in [4.78, 5) is 11.2. The number of ether oxygens (including phenoxy) is 1. The van der Waals surface area contributed by atoms with Crippen LogP contribution in [0.3, 0.4) is 0 Å². The summed E-state index contributed by atoms with van der Waals surface area (Å²) >= 11 is 0. The average Bonchev–Trinajstić information content (AvgIpc) is 2.38. The highest BCUT2D eigenvalue weighted by atomic mass is 16.5. The van der Waals surface area contributed by atoms with E-state index >= 15 is 0 Å². The van der Waals surface area contributed by atoms with Crippen molar-refractivity contribution in [1.29, 1.82) is 0 Å². The van der Waals surface area contributed by atoms with Crippen LogP contribution >= 0.6 is 0 Å². The minimum absolute atomic E-state index is 0.296. The predicted molar refractivity (Wildman–Crippen MR) is 82.0 cm³/mol. The lowest BCUT2D eigenvalue weighted by atomic mass is 9.84. The second kappa shape index (κ2) is 11.1. The van der Waals surface area contributed by atoms with Gasteiger partial charge in [0.15, 0.2) is 0 Å². The molecule has 0 aromatic heterocycles. The van der Waals surface area contributed by atoms with E-state index in [0.717, 1.165) is 12.3 Å². The SMILES string of the molecule is C=CC(=O)OCC(CCC(C)CCC)C(C)CCC. The van der Waals surface area contributed by atoms with Crippen molar-refractivity contribution in [2.45, 2.75) is 66.2 Å². The minimum atomic E-state index is -0.296. The fourth-order valence-corrected chi connectivity index (χ4v) is 2.61. The number of carbonyl (C=O) groups is 1. The van der Waals surface area contributed by atoms with Gasteiger partial charge in [-0.25, -0.2) is 4.79 Å². The molecule has 0 rings (SSSR count). The van der Waals surface area contributed by atoms with E-state index in [-0.39, 0.29) is 5.97 Å². The lowest BCUT2D eigenvalue weighted by Gasteiger charge is -2.24. The topological polar surface area (TPSA) is 26.3 Å². The predicted octanol–water partition coefficient (Wildman–Crippen LogP) is 4.98. The third kappa shape index (κ3) is 8.85. The van der Waals surface area contributed by atoms with Crippen LogP contribution in [-0.2, 0) is 9.53 Å². The van der Waals surface area contributed by atoms with Gasteiger partial charge in [0.2, 0.25) is 0 Å². The Labute approximate surface area is 119 Å². The van der Waals surface area contributed by atoms with Gasteiger partial charge in [0, 0.05) is 6.08 Å². The molecule has 0 heterocycles. The lowest BCUT2D eigenvalue weighted by molar-refractivity contribution is -0.139. The van der Waals surface area contributed by atoms with Gasteiger partial charge in [-0.15, -0.1) is 0 Å². The Kier molecular flexibility index (Phi) is 10.6. The highest BCUT2D eigenvalue weighted by molar-refractivity contribution is 5.81. The van der Waals surface area contributed by atoms with Gasteiger partial charge in [-0.1, -0.05) is 66.4 Å². The molecule has 2 heteroatoms. The van der Waals surface area contributed by atoms with E-state index in [1.54, 1.807) is 0 Å². The van der Waals surface area contributed by atoms with Crippen LogP contribution in [0.5, 0.6) is 0 Å². The van der Waals surface area contributed by atoms with Crippen molar-refractivity contribution in [2.75, 3.05) is 6.61 Å². The van der Waals surface area contributed by atoms with Crippen molar-refractivity contribution < 1.29 is 9.53 Å². The Bertz CT molecular complexity index is 248. The summed E-state index contributed by atoms with van der Waals surface area (Å²) in [5.41, 5.74) is 0. The first-order valence-electron chi connectivity index (χ1n) is 7.84. The molecule has 0 amide bonds. The molecule has 0 radical (unpaired) electrons. The van der Waals surface area contributed by atoms with E-state index in [1.807, 2.05) is 0 Å². The van der Waals surface area contributed by atoms with Gasteiger partial charge in [-0.2, -0.15) is 0 Å². The molecule has 0 aliphatic carbocycles. The van der Waals surface area contributed by atoms with Crippen LogP contribution in [0.2, 0.25) is 0 Å². The molecule has 3 atom stereocenters. The highest BCUT2D eigenvalue weighted by Crippen LogP contribution is 2.25. The second-order valence-corrected chi connectivity index (χ2v) is 5.83. The Balaban J connectivity index is 4.24. The van der Waals surface area contributed by atoms with Crippen LogP contribution in [0.4, 0.5) is 0 Å². The van der Waals surface area contributed by atoms with Gasteiger partial charge >= 0.3 is 5.97 Å². The summed E-state index contributed by atoms with van der Waals surface area (Å²) < 4.78 is 5.26. The Morgan fingerprint density at radius 2 is 1.74 bits per heavy atom. The maximum absolute atomic E-state index is 11.2. The standard InChI is InChI=1S/C17H32O2/c1-6-9-14(4)11-12-16(15(5)10-7-2)13-19-17(18)8-3/h8,14-16H,3,6-7,9-13H2,1-2,4-5H3. The van der Waals surface area contributed by atoms with E-state index in [4.69, 9.17) is 4.74 Å². The Morgan fingerprint density at radius 3 is 2.26 bits per heavy atom. The van der Waals surface area contributed by atoms with Gasteiger partial charge in [-0.05, 0) is 24.2 Å². The van der Waals surface area contributed by atoms with Crippen LogP contribution in [0.25, 0.3) is 0 Å². The van der Waals surface area contributed by atoms with E-state index in [9.17, 15) is 4.79 Å². The fourth-order valence-electron chi connectivity index (χ4n) is 2.61.